The van der Waals surface area contributed by atoms with Gasteiger partial charge in [-0.2, -0.15) is 9.97 Å². The number of piperazine rings is 1. The molecular formula is C11H21N7. The first-order valence-electron chi connectivity index (χ1n) is 6.18. The molecule has 0 amide bonds. The number of nitrogens with two attached hydrogens (primary N) is 2. The Balaban J connectivity index is 1.74. The van der Waals surface area contributed by atoms with Gasteiger partial charge in [-0.1, -0.05) is 0 Å². The van der Waals surface area contributed by atoms with E-state index < -0.39 is 0 Å². The Kier molecular flexibility index (Phi) is 4.16. The minimum atomic E-state index is 0.206. The lowest BCUT2D eigenvalue weighted by atomic mass is 10.3. The van der Waals surface area contributed by atoms with Crippen molar-refractivity contribution in [3.05, 3.63) is 6.07 Å². The lowest BCUT2D eigenvalue weighted by molar-refractivity contribution is 0.158. The Hall–Kier alpha value is -1.60. The van der Waals surface area contributed by atoms with E-state index in [4.69, 9.17) is 11.5 Å². The number of nitrogens with zero attached hydrogens (tertiary/aromatic N) is 4. The molecule has 1 aliphatic heterocycles. The van der Waals surface area contributed by atoms with Gasteiger partial charge in [0.05, 0.1) is 0 Å². The van der Waals surface area contributed by atoms with Gasteiger partial charge in [0.15, 0.2) is 0 Å². The summed E-state index contributed by atoms with van der Waals surface area (Å²) in [5, 5.41) is 3.22. The number of rotatable bonds is 4. The summed E-state index contributed by atoms with van der Waals surface area (Å²) in [6, 6.07) is 1.69. The first-order chi connectivity index (χ1) is 8.63. The van der Waals surface area contributed by atoms with Crippen LogP contribution in [0.25, 0.3) is 0 Å². The topological polar surface area (TPSA) is 96.3 Å². The lowest BCUT2D eigenvalue weighted by Crippen LogP contribution is -2.45. The van der Waals surface area contributed by atoms with Crippen LogP contribution in [0.3, 0.4) is 0 Å². The minimum Gasteiger partial charge on any atom is -0.383 e. The molecule has 1 saturated heterocycles. The molecule has 1 aromatic heterocycles. The molecule has 2 heterocycles. The van der Waals surface area contributed by atoms with Gasteiger partial charge in [0.25, 0.3) is 0 Å². The number of likely N-dealkylation sites (N-methyl/N-ethyl adjacent to an activating group) is 1. The number of hydrogen-bond acceptors (Lipinski definition) is 7. The highest BCUT2D eigenvalue weighted by Crippen LogP contribution is 2.08. The predicted octanol–water partition coefficient (Wildman–Crippen LogP) is -0.700. The first kappa shape index (κ1) is 12.8. The van der Waals surface area contributed by atoms with E-state index in [9.17, 15) is 0 Å². The zero-order valence-corrected chi connectivity index (χ0v) is 10.8. The van der Waals surface area contributed by atoms with Crippen molar-refractivity contribution in [1.29, 1.82) is 0 Å². The van der Waals surface area contributed by atoms with Gasteiger partial charge in [0.1, 0.15) is 11.6 Å². The fourth-order valence-electron chi connectivity index (χ4n) is 1.99. The number of anilines is 3. The third-order valence-corrected chi connectivity index (χ3v) is 3.09. The minimum absolute atomic E-state index is 0.206. The maximum Gasteiger partial charge on any atom is 0.223 e. The van der Waals surface area contributed by atoms with Crippen LogP contribution < -0.4 is 16.8 Å². The van der Waals surface area contributed by atoms with Gasteiger partial charge in [0, 0.05) is 45.3 Å². The van der Waals surface area contributed by atoms with Crippen molar-refractivity contribution < 1.29 is 0 Å². The average Bonchev–Trinajstić information content (AvgIpc) is 2.30. The molecule has 0 saturated carbocycles. The van der Waals surface area contributed by atoms with E-state index in [0.29, 0.717) is 11.6 Å². The van der Waals surface area contributed by atoms with E-state index in [0.717, 1.165) is 39.3 Å². The maximum atomic E-state index is 5.60. The second-order valence-corrected chi connectivity index (χ2v) is 4.61. The van der Waals surface area contributed by atoms with Crippen LogP contribution in [0.4, 0.5) is 17.6 Å². The summed E-state index contributed by atoms with van der Waals surface area (Å²) >= 11 is 0. The SMILES string of the molecule is CN1CCN(CCNc2cc(N)nc(N)n2)CC1. The molecule has 0 atom stereocenters. The molecule has 0 aromatic carbocycles. The Bertz CT molecular complexity index is 367. The second-order valence-electron chi connectivity index (χ2n) is 4.61. The van der Waals surface area contributed by atoms with Crippen LogP contribution in [-0.2, 0) is 0 Å². The van der Waals surface area contributed by atoms with Crippen LogP contribution in [-0.4, -0.2) is 66.1 Å². The molecule has 0 spiro atoms. The van der Waals surface area contributed by atoms with E-state index in [-0.39, 0.29) is 5.95 Å². The van der Waals surface area contributed by atoms with Gasteiger partial charge < -0.3 is 21.7 Å². The Labute approximate surface area is 107 Å². The van der Waals surface area contributed by atoms with Crippen molar-refractivity contribution in [3.63, 3.8) is 0 Å². The Morgan fingerprint density at radius 3 is 2.61 bits per heavy atom. The van der Waals surface area contributed by atoms with Crippen molar-refractivity contribution in [2.24, 2.45) is 0 Å². The molecule has 0 radical (unpaired) electrons. The highest BCUT2D eigenvalue weighted by Gasteiger charge is 2.12. The van der Waals surface area contributed by atoms with Gasteiger partial charge in [0.2, 0.25) is 5.95 Å². The fraction of sp³-hybridized carbons (Fsp3) is 0.636. The highest BCUT2D eigenvalue weighted by atomic mass is 15.3. The molecule has 5 N–H and O–H groups in total. The van der Waals surface area contributed by atoms with Gasteiger partial charge in [-0.25, -0.2) is 0 Å². The van der Waals surface area contributed by atoms with Gasteiger partial charge in [-0.15, -0.1) is 0 Å². The summed E-state index contributed by atoms with van der Waals surface area (Å²) in [5.74, 6) is 1.29. The molecule has 7 nitrogen and oxygen atoms in total. The summed E-state index contributed by atoms with van der Waals surface area (Å²) in [6.07, 6.45) is 0. The van der Waals surface area contributed by atoms with Crippen LogP contribution in [0, 0.1) is 0 Å². The summed E-state index contributed by atoms with van der Waals surface area (Å²) in [7, 11) is 2.15. The Morgan fingerprint density at radius 1 is 1.22 bits per heavy atom. The van der Waals surface area contributed by atoms with Crippen LogP contribution in [0.15, 0.2) is 6.07 Å². The summed E-state index contributed by atoms with van der Waals surface area (Å²) in [5.41, 5.74) is 11.1. The third-order valence-electron chi connectivity index (χ3n) is 3.09. The summed E-state index contributed by atoms with van der Waals surface area (Å²) in [4.78, 5) is 12.7. The van der Waals surface area contributed by atoms with Gasteiger partial charge in [-0.05, 0) is 7.05 Å². The second kappa shape index (κ2) is 5.83. The zero-order valence-electron chi connectivity index (χ0n) is 10.8. The average molecular weight is 251 g/mol. The first-order valence-corrected chi connectivity index (χ1v) is 6.18. The molecule has 1 aromatic rings. The quantitative estimate of drug-likeness (QED) is 0.651. The van der Waals surface area contributed by atoms with E-state index in [2.05, 4.69) is 32.1 Å². The van der Waals surface area contributed by atoms with Crippen molar-refractivity contribution in [2.75, 3.05) is 63.1 Å². The number of nitrogens with one attached hydrogen (secondary N) is 1. The summed E-state index contributed by atoms with van der Waals surface area (Å²) < 4.78 is 0. The van der Waals surface area contributed by atoms with E-state index in [1.807, 2.05) is 0 Å². The Morgan fingerprint density at radius 2 is 1.94 bits per heavy atom. The molecule has 0 aliphatic carbocycles. The molecule has 2 rings (SSSR count). The highest BCUT2D eigenvalue weighted by molar-refractivity contribution is 5.48. The smallest absolute Gasteiger partial charge is 0.223 e. The molecule has 0 unspecified atom stereocenters. The predicted molar refractivity (Wildman–Crippen MR) is 73.3 cm³/mol. The van der Waals surface area contributed by atoms with Crippen molar-refractivity contribution in [3.8, 4) is 0 Å². The van der Waals surface area contributed by atoms with Crippen LogP contribution in [0.2, 0.25) is 0 Å². The molecule has 1 aliphatic rings. The molecular weight excluding hydrogens is 230 g/mol. The standard InChI is InChI=1S/C11H21N7/c1-17-4-6-18(7-5-17)3-2-14-10-8-9(12)15-11(13)16-10/h8H,2-7H2,1H3,(H5,12,13,14,15,16). The molecule has 100 valence electrons. The molecule has 7 heteroatoms. The monoisotopic (exact) mass is 251 g/mol. The zero-order chi connectivity index (χ0) is 13.0. The molecule has 0 bridgehead atoms. The maximum absolute atomic E-state index is 5.60. The van der Waals surface area contributed by atoms with Crippen molar-refractivity contribution in [2.45, 2.75) is 0 Å². The molecule has 18 heavy (non-hydrogen) atoms. The van der Waals surface area contributed by atoms with Crippen molar-refractivity contribution in [1.82, 2.24) is 19.8 Å². The van der Waals surface area contributed by atoms with Gasteiger partial charge >= 0.3 is 0 Å². The number of nitrogen functional groups attached to an aromatic ring is 2. The number of hydrogen-bond donors (Lipinski definition) is 3. The van der Waals surface area contributed by atoms with E-state index >= 15 is 0 Å². The van der Waals surface area contributed by atoms with Gasteiger partial charge in [-0.3, -0.25) is 4.90 Å². The van der Waals surface area contributed by atoms with Crippen LogP contribution in [0.1, 0.15) is 0 Å². The fourth-order valence-corrected chi connectivity index (χ4v) is 1.99. The number of aromatic nitrogens is 2. The lowest BCUT2D eigenvalue weighted by Gasteiger charge is -2.32. The largest absolute Gasteiger partial charge is 0.383 e. The van der Waals surface area contributed by atoms with E-state index in [1.54, 1.807) is 6.07 Å². The van der Waals surface area contributed by atoms with Crippen molar-refractivity contribution >= 4 is 17.6 Å². The van der Waals surface area contributed by atoms with Crippen LogP contribution in [0.5, 0.6) is 0 Å². The normalized spacial score (nSPS) is 17.8. The van der Waals surface area contributed by atoms with E-state index in [1.165, 1.54) is 0 Å². The summed E-state index contributed by atoms with van der Waals surface area (Å²) in [6.45, 7) is 6.33. The third kappa shape index (κ3) is 3.71. The van der Waals surface area contributed by atoms with Crippen LogP contribution >= 0.6 is 0 Å². The molecule has 1 fully saturated rings.